The summed E-state index contributed by atoms with van der Waals surface area (Å²) in [6.45, 7) is 6.66. The predicted molar refractivity (Wildman–Crippen MR) is 133 cm³/mol. The molecule has 1 aromatic carbocycles. The third-order valence-corrected chi connectivity index (χ3v) is 5.85. The van der Waals surface area contributed by atoms with Crippen LogP contribution in [0.25, 0.3) is 27.9 Å². The minimum Gasteiger partial charge on any atom is -0.351 e. The first kappa shape index (κ1) is 21.5. The molecule has 1 N–H and O–H groups in total. The summed E-state index contributed by atoms with van der Waals surface area (Å²) in [4.78, 5) is 29.0. The molecule has 0 atom stereocenters. The van der Waals surface area contributed by atoms with Gasteiger partial charge in [-0.15, -0.1) is 0 Å². The Labute approximate surface area is 197 Å². The maximum atomic E-state index is 11.4. The molecule has 0 aliphatic carbocycles. The average Bonchev–Trinajstić information content (AvgIpc) is 3.25. The largest absolute Gasteiger partial charge is 0.351 e. The third-order valence-electron chi connectivity index (χ3n) is 5.85. The van der Waals surface area contributed by atoms with E-state index in [1.165, 1.54) is 16.7 Å². The number of benzene rings is 1. The third kappa shape index (κ3) is 4.15. The van der Waals surface area contributed by atoms with Gasteiger partial charge in [0.15, 0.2) is 6.29 Å². The molecule has 0 spiro atoms. The van der Waals surface area contributed by atoms with Crippen molar-refractivity contribution in [3.63, 3.8) is 0 Å². The topological polar surface area (TPSA) is 85.1 Å². The standard InChI is InChI=1S/C27H24N6O/c1-17-8-20(4-5-24(17)21-6-7-28-18(2)9-21)12-30-27-31-14-23-11-26(32-16-33(23)27)25-10-19(3)29-13-22(25)15-34/h4-11,13-16H,12H2,1-3H3,(H,30,31). The number of nitrogens with one attached hydrogen (secondary N) is 1. The van der Waals surface area contributed by atoms with E-state index >= 15 is 0 Å². The molecule has 0 unspecified atom stereocenters. The lowest BCUT2D eigenvalue weighted by Crippen LogP contribution is -2.04. The summed E-state index contributed by atoms with van der Waals surface area (Å²) in [5.74, 6) is 0.710. The second-order valence-electron chi connectivity index (χ2n) is 8.37. The van der Waals surface area contributed by atoms with Crippen LogP contribution in [-0.2, 0) is 6.54 Å². The number of imidazole rings is 1. The Kier molecular flexibility index (Phi) is 5.59. The summed E-state index contributed by atoms with van der Waals surface area (Å²) in [5, 5.41) is 3.41. The average molecular weight is 449 g/mol. The quantitative estimate of drug-likeness (QED) is 0.359. The highest BCUT2D eigenvalue weighted by Crippen LogP contribution is 2.26. The fourth-order valence-corrected chi connectivity index (χ4v) is 4.12. The van der Waals surface area contributed by atoms with Gasteiger partial charge in [0.25, 0.3) is 0 Å². The van der Waals surface area contributed by atoms with Gasteiger partial charge >= 0.3 is 0 Å². The maximum Gasteiger partial charge on any atom is 0.209 e. The van der Waals surface area contributed by atoms with Gasteiger partial charge in [-0.2, -0.15) is 0 Å². The van der Waals surface area contributed by atoms with Crippen LogP contribution in [0.2, 0.25) is 0 Å². The molecule has 4 heterocycles. The number of rotatable bonds is 6. The molecule has 0 fully saturated rings. The van der Waals surface area contributed by atoms with Crippen LogP contribution in [0.3, 0.4) is 0 Å². The summed E-state index contributed by atoms with van der Waals surface area (Å²) in [7, 11) is 0. The van der Waals surface area contributed by atoms with E-state index in [9.17, 15) is 4.79 Å². The Morgan fingerprint density at radius 2 is 1.74 bits per heavy atom. The summed E-state index contributed by atoms with van der Waals surface area (Å²) >= 11 is 0. The van der Waals surface area contributed by atoms with Crippen molar-refractivity contribution in [3.05, 3.63) is 95.5 Å². The summed E-state index contributed by atoms with van der Waals surface area (Å²) < 4.78 is 1.90. The van der Waals surface area contributed by atoms with E-state index < -0.39 is 0 Å². The Bertz CT molecular complexity index is 1520. The van der Waals surface area contributed by atoms with Crippen LogP contribution in [0, 0.1) is 20.8 Å². The fourth-order valence-electron chi connectivity index (χ4n) is 4.12. The normalized spacial score (nSPS) is 11.0. The highest BCUT2D eigenvalue weighted by molar-refractivity contribution is 5.86. The molecule has 34 heavy (non-hydrogen) atoms. The molecule has 0 saturated carbocycles. The number of carbonyl (C=O) groups excluding carboxylic acids is 1. The summed E-state index contributed by atoms with van der Waals surface area (Å²) in [5.41, 5.74) is 9.47. The van der Waals surface area contributed by atoms with Gasteiger partial charge in [0.05, 0.1) is 17.4 Å². The molecule has 7 nitrogen and oxygen atoms in total. The van der Waals surface area contributed by atoms with E-state index in [-0.39, 0.29) is 0 Å². The summed E-state index contributed by atoms with van der Waals surface area (Å²) in [6, 6.07) is 14.4. The molecule has 168 valence electrons. The molecule has 4 aromatic heterocycles. The zero-order chi connectivity index (χ0) is 23.7. The lowest BCUT2D eigenvalue weighted by Gasteiger charge is -2.11. The first-order chi connectivity index (χ1) is 16.5. The number of fused-ring (bicyclic) bond motifs is 1. The highest BCUT2D eigenvalue weighted by Gasteiger charge is 2.11. The van der Waals surface area contributed by atoms with E-state index in [4.69, 9.17) is 0 Å². The lowest BCUT2D eigenvalue weighted by atomic mass is 9.98. The molecule has 0 saturated heterocycles. The van der Waals surface area contributed by atoms with Crippen LogP contribution < -0.4 is 5.32 Å². The molecule has 0 aliphatic heterocycles. The number of hydrogen-bond acceptors (Lipinski definition) is 6. The van der Waals surface area contributed by atoms with Crippen molar-refractivity contribution in [3.8, 4) is 22.4 Å². The number of carbonyl (C=O) groups is 1. The number of aldehydes is 1. The zero-order valence-corrected chi connectivity index (χ0v) is 19.3. The molecule has 5 aromatic rings. The van der Waals surface area contributed by atoms with Crippen molar-refractivity contribution in [2.45, 2.75) is 27.3 Å². The molecule has 0 radical (unpaired) electrons. The van der Waals surface area contributed by atoms with Gasteiger partial charge in [0.2, 0.25) is 5.95 Å². The predicted octanol–water partition coefficient (Wildman–Crippen LogP) is 5.20. The number of nitrogens with zero attached hydrogens (tertiary/aromatic N) is 5. The smallest absolute Gasteiger partial charge is 0.209 e. The number of hydrogen-bond donors (Lipinski definition) is 1. The Morgan fingerprint density at radius 3 is 2.53 bits per heavy atom. The van der Waals surface area contributed by atoms with Gasteiger partial charge < -0.3 is 5.32 Å². The SMILES string of the molecule is Cc1cc(-c2ccc(CNc3ncc4cc(-c5cc(C)ncc5C=O)ncn34)cc2C)ccn1. The van der Waals surface area contributed by atoms with E-state index in [1.807, 2.05) is 42.6 Å². The van der Waals surface area contributed by atoms with Crippen molar-refractivity contribution in [1.82, 2.24) is 24.3 Å². The zero-order valence-electron chi connectivity index (χ0n) is 19.3. The second kappa shape index (κ2) is 8.86. The minimum absolute atomic E-state index is 0.515. The van der Waals surface area contributed by atoms with Crippen LogP contribution in [-0.4, -0.2) is 30.6 Å². The maximum absolute atomic E-state index is 11.4. The molecule has 0 aliphatic rings. The van der Waals surface area contributed by atoms with E-state index in [1.54, 1.807) is 18.7 Å². The van der Waals surface area contributed by atoms with Crippen molar-refractivity contribution in [1.29, 1.82) is 0 Å². The van der Waals surface area contributed by atoms with E-state index in [0.29, 0.717) is 23.8 Å². The lowest BCUT2D eigenvalue weighted by molar-refractivity contribution is 0.112. The Morgan fingerprint density at radius 1 is 0.882 bits per heavy atom. The van der Waals surface area contributed by atoms with Gasteiger partial charge in [0, 0.05) is 41.5 Å². The summed E-state index contributed by atoms with van der Waals surface area (Å²) in [6.07, 6.45) is 7.75. The molecule has 0 amide bonds. The Balaban J connectivity index is 1.37. The van der Waals surface area contributed by atoms with E-state index in [0.717, 1.165) is 34.3 Å². The number of aromatic nitrogens is 5. The van der Waals surface area contributed by atoms with Crippen LogP contribution >= 0.6 is 0 Å². The first-order valence-electron chi connectivity index (χ1n) is 11.0. The van der Waals surface area contributed by atoms with Gasteiger partial charge in [-0.05, 0) is 67.3 Å². The minimum atomic E-state index is 0.515. The molecule has 7 heteroatoms. The van der Waals surface area contributed by atoms with Crippen molar-refractivity contribution in [2.24, 2.45) is 0 Å². The number of aryl methyl sites for hydroxylation is 3. The molecular weight excluding hydrogens is 424 g/mol. The number of pyridine rings is 2. The number of anilines is 1. The van der Waals surface area contributed by atoms with Crippen molar-refractivity contribution in [2.75, 3.05) is 5.32 Å². The van der Waals surface area contributed by atoms with Crippen molar-refractivity contribution < 1.29 is 4.79 Å². The van der Waals surface area contributed by atoms with Crippen LogP contribution in [0.15, 0.2) is 67.4 Å². The van der Waals surface area contributed by atoms with Crippen molar-refractivity contribution >= 4 is 17.8 Å². The fraction of sp³-hybridized carbons (Fsp3) is 0.148. The van der Waals surface area contributed by atoms with Crippen LogP contribution in [0.4, 0.5) is 5.95 Å². The second-order valence-corrected chi connectivity index (χ2v) is 8.37. The van der Waals surface area contributed by atoms with Gasteiger partial charge in [0.1, 0.15) is 6.33 Å². The van der Waals surface area contributed by atoms with Gasteiger partial charge in [-0.1, -0.05) is 18.2 Å². The van der Waals surface area contributed by atoms with Crippen LogP contribution in [0.1, 0.15) is 32.9 Å². The Hall–Kier alpha value is -4.39. The molecule has 0 bridgehead atoms. The first-order valence-corrected chi connectivity index (χ1v) is 11.0. The molecule has 5 rings (SSSR count). The highest BCUT2D eigenvalue weighted by atomic mass is 16.1. The van der Waals surface area contributed by atoms with Gasteiger partial charge in [-0.3, -0.25) is 19.2 Å². The molecular formula is C27H24N6O. The van der Waals surface area contributed by atoms with Crippen LogP contribution in [0.5, 0.6) is 0 Å². The van der Waals surface area contributed by atoms with Gasteiger partial charge in [-0.25, -0.2) is 9.97 Å². The monoisotopic (exact) mass is 448 g/mol. The van der Waals surface area contributed by atoms with E-state index in [2.05, 4.69) is 56.4 Å².